The third-order valence-corrected chi connectivity index (χ3v) is 6.55. The molecule has 0 radical (unpaired) electrons. The summed E-state index contributed by atoms with van der Waals surface area (Å²) in [6.45, 7) is 0.526. The molecule has 2 aromatic heterocycles. The van der Waals surface area contributed by atoms with E-state index in [1.54, 1.807) is 10.6 Å². The monoisotopic (exact) mass is 481 g/mol. The number of carbonyl (C=O) groups excluding carboxylic acids is 1. The minimum atomic E-state index is -0.657. The molecule has 0 bridgehead atoms. The van der Waals surface area contributed by atoms with Crippen molar-refractivity contribution in [1.29, 1.82) is 0 Å². The lowest BCUT2D eigenvalue weighted by Gasteiger charge is -2.21. The molecular formula is C22H16BrN3O3S. The molecule has 0 atom stereocenters. The van der Waals surface area contributed by atoms with E-state index in [0.29, 0.717) is 17.1 Å². The number of nitrogens with zero attached hydrogens (tertiary/aromatic N) is 2. The number of hydrogen-bond acceptors (Lipinski definition) is 5. The molecule has 30 heavy (non-hydrogen) atoms. The maximum Gasteiger partial charge on any atom is 0.267 e. The van der Waals surface area contributed by atoms with Crippen LogP contribution in [0.1, 0.15) is 22.3 Å². The van der Waals surface area contributed by atoms with Gasteiger partial charge in [-0.2, -0.15) is 0 Å². The van der Waals surface area contributed by atoms with E-state index >= 15 is 0 Å². The van der Waals surface area contributed by atoms with E-state index < -0.39 is 11.5 Å². The highest BCUT2D eigenvalue weighted by atomic mass is 79.9. The fourth-order valence-electron chi connectivity index (χ4n) is 3.87. The zero-order valence-electron chi connectivity index (χ0n) is 15.7. The quantitative estimate of drug-likeness (QED) is 0.440. The first-order valence-corrected chi connectivity index (χ1v) is 11.1. The van der Waals surface area contributed by atoms with Crippen molar-refractivity contribution in [1.82, 2.24) is 9.55 Å². The number of benzene rings is 2. The predicted octanol–water partition coefficient (Wildman–Crippen LogP) is 4.79. The van der Waals surface area contributed by atoms with Gasteiger partial charge in [0.05, 0.1) is 11.2 Å². The van der Waals surface area contributed by atoms with Crippen LogP contribution in [0, 0.1) is 0 Å². The highest BCUT2D eigenvalue weighted by molar-refractivity contribution is 9.10. The van der Waals surface area contributed by atoms with Crippen molar-refractivity contribution >= 4 is 49.2 Å². The smallest absolute Gasteiger partial charge is 0.267 e. The molecule has 6 nitrogen and oxygen atoms in total. The van der Waals surface area contributed by atoms with Crippen LogP contribution in [0.5, 0.6) is 5.75 Å². The lowest BCUT2D eigenvalue weighted by Crippen LogP contribution is -2.31. The van der Waals surface area contributed by atoms with Crippen LogP contribution in [0.25, 0.3) is 22.2 Å². The van der Waals surface area contributed by atoms with Crippen LogP contribution >= 0.6 is 27.3 Å². The number of halogens is 1. The zero-order chi connectivity index (χ0) is 20.8. The zero-order valence-corrected chi connectivity index (χ0v) is 18.1. The average molecular weight is 482 g/mol. The van der Waals surface area contributed by atoms with Crippen LogP contribution in [0.3, 0.4) is 0 Å². The van der Waals surface area contributed by atoms with Crippen molar-refractivity contribution in [2.24, 2.45) is 0 Å². The third kappa shape index (κ3) is 3.12. The summed E-state index contributed by atoms with van der Waals surface area (Å²) in [5, 5.41) is 16.2. The number of para-hydroxylation sites is 1. The second-order valence-corrected chi connectivity index (χ2v) is 8.87. The SMILES string of the molecule is O=C(Nc1nc(-c2ccc(Br)cc2)cs1)c1c(O)c2cccc3c2n(c1=O)CCC3. The van der Waals surface area contributed by atoms with E-state index in [0.717, 1.165) is 39.7 Å². The number of carbonyl (C=O) groups is 1. The van der Waals surface area contributed by atoms with Crippen molar-refractivity contribution in [3.8, 4) is 17.0 Å². The normalized spacial score (nSPS) is 12.8. The minimum absolute atomic E-state index is 0.248. The van der Waals surface area contributed by atoms with Gasteiger partial charge in [-0.15, -0.1) is 11.3 Å². The van der Waals surface area contributed by atoms with E-state index in [1.807, 2.05) is 41.8 Å². The van der Waals surface area contributed by atoms with Crippen LogP contribution in [0.4, 0.5) is 5.13 Å². The number of aryl methyl sites for hydroxylation is 2. The molecule has 8 heteroatoms. The lowest BCUT2D eigenvalue weighted by atomic mass is 9.99. The van der Waals surface area contributed by atoms with Gasteiger partial charge in [0.2, 0.25) is 0 Å². The van der Waals surface area contributed by atoms with Crippen LogP contribution in [0.15, 0.2) is 57.1 Å². The summed E-state index contributed by atoms with van der Waals surface area (Å²) in [7, 11) is 0. The van der Waals surface area contributed by atoms with Crippen LogP contribution in [0.2, 0.25) is 0 Å². The topological polar surface area (TPSA) is 84.2 Å². The van der Waals surface area contributed by atoms with Gasteiger partial charge in [-0.3, -0.25) is 14.9 Å². The number of amides is 1. The Labute approximate surface area is 184 Å². The maximum absolute atomic E-state index is 13.0. The number of nitrogens with one attached hydrogen (secondary N) is 1. The summed E-state index contributed by atoms with van der Waals surface area (Å²) in [5.41, 5.74) is 2.64. The number of anilines is 1. The van der Waals surface area contributed by atoms with Crippen molar-refractivity contribution in [3.63, 3.8) is 0 Å². The molecule has 5 rings (SSSR count). The molecule has 0 saturated carbocycles. The molecule has 0 fully saturated rings. The molecule has 3 heterocycles. The average Bonchev–Trinajstić information content (AvgIpc) is 3.21. The van der Waals surface area contributed by atoms with Gasteiger partial charge in [0.1, 0.15) is 11.3 Å². The Morgan fingerprint density at radius 2 is 2.00 bits per heavy atom. The number of aromatic nitrogens is 2. The van der Waals surface area contributed by atoms with Gasteiger partial charge >= 0.3 is 0 Å². The number of thiazole rings is 1. The van der Waals surface area contributed by atoms with Crippen molar-refractivity contribution in [2.45, 2.75) is 19.4 Å². The number of aromatic hydroxyl groups is 1. The first kappa shape index (κ1) is 19.0. The largest absolute Gasteiger partial charge is 0.506 e. The van der Waals surface area contributed by atoms with Crippen LogP contribution in [-0.4, -0.2) is 20.6 Å². The fraction of sp³-hybridized carbons (Fsp3) is 0.136. The molecule has 1 aliphatic rings. The second kappa shape index (κ2) is 7.37. The fourth-order valence-corrected chi connectivity index (χ4v) is 4.84. The van der Waals surface area contributed by atoms with Gasteiger partial charge < -0.3 is 9.67 Å². The van der Waals surface area contributed by atoms with E-state index in [-0.39, 0.29) is 11.3 Å². The summed E-state index contributed by atoms with van der Waals surface area (Å²) in [5.74, 6) is -0.937. The highest BCUT2D eigenvalue weighted by Gasteiger charge is 2.25. The van der Waals surface area contributed by atoms with E-state index in [9.17, 15) is 14.7 Å². The van der Waals surface area contributed by atoms with E-state index in [1.165, 1.54) is 11.3 Å². The van der Waals surface area contributed by atoms with Gasteiger partial charge in [0.15, 0.2) is 5.13 Å². The summed E-state index contributed by atoms with van der Waals surface area (Å²) >= 11 is 4.67. The predicted molar refractivity (Wildman–Crippen MR) is 121 cm³/mol. The van der Waals surface area contributed by atoms with Gasteiger partial charge in [0, 0.05) is 27.3 Å². The molecule has 2 aromatic carbocycles. The molecule has 1 amide bonds. The minimum Gasteiger partial charge on any atom is -0.506 e. The molecule has 0 spiro atoms. The second-order valence-electron chi connectivity index (χ2n) is 7.10. The van der Waals surface area contributed by atoms with Crippen molar-refractivity contribution < 1.29 is 9.90 Å². The van der Waals surface area contributed by atoms with Gasteiger partial charge in [-0.1, -0.05) is 40.2 Å². The molecule has 1 aliphatic heterocycles. The third-order valence-electron chi connectivity index (χ3n) is 5.26. The highest BCUT2D eigenvalue weighted by Crippen LogP contribution is 2.32. The Bertz CT molecular complexity index is 1360. The first-order chi connectivity index (χ1) is 14.5. The number of hydrogen-bond donors (Lipinski definition) is 2. The van der Waals surface area contributed by atoms with Gasteiger partial charge in [-0.25, -0.2) is 4.98 Å². The standard InChI is InChI=1S/C22H16BrN3O3S/c23-14-8-6-12(7-9-14)16-11-30-22(24-16)25-20(28)17-19(27)15-5-1-3-13-4-2-10-26(18(13)15)21(17)29/h1,3,5-9,11,27H,2,4,10H2,(H,24,25,28). The van der Waals surface area contributed by atoms with Crippen molar-refractivity contribution in [3.05, 3.63) is 73.8 Å². The maximum atomic E-state index is 13.0. The summed E-state index contributed by atoms with van der Waals surface area (Å²) < 4.78 is 2.56. The van der Waals surface area contributed by atoms with Crippen LogP contribution in [-0.2, 0) is 13.0 Å². The molecule has 0 saturated heterocycles. The molecule has 4 aromatic rings. The molecule has 2 N–H and O–H groups in total. The molecule has 150 valence electrons. The first-order valence-electron chi connectivity index (χ1n) is 9.43. The van der Waals surface area contributed by atoms with Crippen LogP contribution < -0.4 is 10.9 Å². The Morgan fingerprint density at radius 1 is 1.20 bits per heavy atom. The van der Waals surface area contributed by atoms with Crippen molar-refractivity contribution in [2.75, 3.05) is 5.32 Å². The Hall–Kier alpha value is -2.97. The molecular weight excluding hydrogens is 466 g/mol. The number of pyridine rings is 1. The Kier molecular flexibility index (Phi) is 4.67. The van der Waals surface area contributed by atoms with Gasteiger partial charge in [0.25, 0.3) is 11.5 Å². The Morgan fingerprint density at radius 3 is 2.80 bits per heavy atom. The van der Waals surface area contributed by atoms with Gasteiger partial charge in [-0.05, 0) is 36.6 Å². The molecule has 0 unspecified atom stereocenters. The molecule has 0 aliphatic carbocycles. The lowest BCUT2D eigenvalue weighted by molar-refractivity contribution is 0.102. The summed E-state index contributed by atoms with van der Waals surface area (Å²) in [6, 6.07) is 13.2. The summed E-state index contributed by atoms with van der Waals surface area (Å²) in [4.78, 5) is 30.4. The van der Waals surface area contributed by atoms with E-state index in [2.05, 4.69) is 26.2 Å². The number of rotatable bonds is 3. The van der Waals surface area contributed by atoms with E-state index in [4.69, 9.17) is 0 Å². The summed E-state index contributed by atoms with van der Waals surface area (Å²) in [6.07, 6.45) is 1.67. The Balaban J connectivity index is 1.52.